The van der Waals surface area contributed by atoms with Crippen molar-refractivity contribution in [2.75, 3.05) is 18.6 Å². The fraction of sp³-hybridized carbons (Fsp3) is 0.750. The van der Waals surface area contributed by atoms with Crippen molar-refractivity contribution in [1.82, 2.24) is 5.32 Å². The lowest BCUT2D eigenvalue weighted by Crippen LogP contribution is -2.23. The lowest BCUT2D eigenvalue weighted by molar-refractivity contribution is 0.153. The van der Waals surface area contributed by atoms with Crippen molar-refractivity contribution < 1.29 is 9.63 Å². The highest BCUT2D eigenvalue weighted by Gasteiger charge is 2.26. The Hall–Kier alpha value is -0.360. The highest BCUT2D eigenvalue weighted by molar-refractivity contribution is 8.19. The molecule has 0 aromatic carbocycles. The van der Waals surface area contributed by atoms with Gasteiger partial charge < -0.3 is 5.32 Å². The molecule has 0 spiro atoms. The second-order valence-corrected chi connectivity index (χ2v) is 6.28. The Kier molecular flexibility index (Phi) is 4.60. The number of oxime groups is 1. The minimum absolute atomic E-state index is 0.0493. The van der Waals surface area contributed by atoms with Crippen LogP contribution in [0.25, 0.3) is 0 Å². The van der Waals surface area contributed by atoms with Crippen LogP contribution in [-0.4, -0.2) is 34.9 Å². The van der Waals surface area contributed by atoms with E-state index in [-0.39, 0.29) is 4.08 Å². The summed E-state index contributed by atoms with van der Waals surface area (Å²) in [6.45, 7) is 2.08. The first-order valence-corrected chi connectivity index (χ1v) is 6.34. The third-order valence-corrected chi connectivity index (χ3v) is 4.74. The molecule has 0 saturated carbocycles. The monoisotopic (exact) mass is 234 g/mol. The Balaban J connectivity index is 2.37. The quantitative estimate of drug-likeness (QED) is 0.450. The topological polar surface area (TPSA) is 50.7 Å². The van der Waals surface area contributed by atoms with E-state index in [1.165, 1.54) is 13.5 Å². The van der Waals surface area contributed by atoms with Gasteiger partial charge in [-0.25, -0.2) is 4.79 Å². The smallest absolute Gasteiger partial charge is 0.323 e. The van der Waals surface area contributed by atoms with E-state index in [0.717, 1.165) is 11.5 Å². The third kappa shape index (κ3) is 3.79. The molecule has 0 aromatic rings. The van der Waals surface area contributed by atoms with Crippen LogP contribution in [0.5, 0.6) is 0 Å². The molecule has 0 bridgehead atoms. The molecule has 6 heteroatoms. The normalized spacial score (nSPS) is 20.7. The number of nitrogens with one attached hydrogen (secondary N) is 1. The summed E-state index contributed by atoms with van der Waals surface area (Å²) in [6.07, 6.45) is 2.39. The third-order valence-electron chi connectivity index (χ3n) is 1.69. The van der Waals surface area contributed by atoms with Crippen molar-refractivity contribution in [2.24, 2.45) is 5.16 Å². The van der Waals surface area contributed by atoms with E-state index in [1.54, 1.807) is 6.21 Å². The first-order valence-electron chi connectivity index (χ1n) is 4.37. The van der Waals surface area contributed by atoms with E-state index >= 15 is 0 Å². The first-order chi connectivity index (χ1) is 6.66. The average molecular weight is 234 g/mol. The second-order valence-electron chi connectivity index (χ2n) is 2.93. The summed E-state index contributed by atoms with van der Waals surface area (Å²) in [5.74, 6) is 2.27. The molecule has 1 saturated heterocycles. The van der Waals surface area contributed by atoms with Crippen LogP contribution in [0.1, 0.15) is 13.3 Å². The highest BCUT2D eigenvalue weighted by Crippen LogP contribution is 2.40. The van der Waals surface area contributed by atoms with Gasteiger partial charge in [-0.05, 0) is 24.9 Å². The van der Waals surface area contributed by atoms with Crippen LogP contribution in [-0.2, 0) is 4.84 Å². The number of carbonyl (C=O) groups is 1. The summed E-state index contributed by atoms with van der Waals surface area (Å²) in [5.41, 5.74) is 0. The van der Waals surface area contributed by atoms with E-state index < -0.39 is 6.09 Å². The van der Waals surface area contributed by atoms with Crippen molar-refractivity contribution in [2.45, 2.75) is 17.4 Å². The Morgan fingerprint density at radius 3 is 2.79 bits per heavy atom. The van der Waals surface area contributed by atoms with E-state index in [4.69, 9.17) is 0 Å². The van der Waals surface area contributed by atoms with Crippen LogP contribution in [0.3, 0.4) is 0 Å². The zero-order chi connectivity index (χ0) is 10.4. The molecular weight excluding hydrogens is 220 g/mol. The zero-order valence-corrected chi connectivity index (χ0v) is 9.91. The molecule has 0 atom stereocenters. The van der Waals surface area contributed by atoms with E-state index in [9.17, 15) is 4.79 Å². The van der Waals surface area contributed by atoms with Crippen molar-refractivity contribution in [3.05, 3.63) is 0 Å². The predicted molar refractivity (Wildman–Crippen MR) is 62.0 cm³/mol. The van der Waals surface area contributed by atoms with E-state index in [2.05, 4.69) is 22.2 Å². The Bertz CT molecular complexity index is 227. The molecule has 1 rings (SSSR count). The summed E-state index contributed by atoms with van der Waals surface area (Å²) in [4.78, 5) is 15.2. The SMILES string of the molecule is CNC(=O)ON=CC1(C)SCCCS1. The van der Waals surface area contributed by atoms with Crippen LogP contribution in [0, 0.1) is 0 Å². The van der Waals surface area contributed by atoms with E-state index in [0.29, 0.717) is 0 Å². The molecule has 0 aromatic heterocycles. The van der Waals surface area contributed by atoms with Gasteiger partial charge in [-0.3, -0.25) is 4.84 Å². The molecule has 80 valence electrons. The number of hydrogen-bond donors (Lipinski definition) is 1. The Morgan fingerprint density at radius 2 is 2.21 bits per heavy atom. The molecule has 1 heterocycles. The predicted octanol–water partition coefficient (Wildman–Crippen LogP) is 1.91. The number of hydrogen-bond acceptors (Lipinski definition) is 5. The zero-order valence-electron chi connectivity index (χ0n) is 8.28. The molecule has 0 radical (unpaired) electrons. The molecule has 1 amide bonds. The van der Waals surface area contributed by atoms with Crippen LogP contribution >= 0.6 is 23.5 Å². The molecule has 0 unspecified atom stereocenters. The number of thioether (sulfide) groups is 2. The fourth-order valence-corrected chi connectivity index (χ4v) is 3.58. The highest BCUT2D eigenvalue weighted by atomic mass is 32.2. The van der Waals surface area contributed by atoms with Gasteiger partial charge in [-0.1, -0.05) is 5.16 Å². The van der Waals surface area contributed by atoms with Gasteiger partial charge in [0.15, 0.2) is 0 Å². The number of carbonyl (C=O) groups excluding carboxylic acids is 1. The fourth-order valence-electron chi connectivity index (χ4n) is 0.940. The maximum atomic E-state index is 10.7. The summed E-state index contributed by atoms with van der Waals surface area (Å²) in [7, 11) is 1.50. The van der Waals surface area contributed by atoms with E-state index in [1.807, 2.05) is 23.5 Å². The van der Waals surface area contributed by atoms with Gasteiger partial charge in [0.1, 0.15) is 0 Å². The molecule has 4 nitrogen and oxygen atoms in total. The van der Waals surface area contributed by atoms with Crippen LogP contribution < -0.4 is 5.32 Å². The number of rotatable bonds is 2. The number of amides is 1. The molecule has 1 fully saturated rings. The summed E-state index contributed by atoms with van der Waals surface area (Å²) in [6, 6.07) is 0. The summed E-state index contributed by atoms with van der Waals surface area (Å²) < 4.78 is -0.0493. The maximum absolute atomic E-state index is 10.7. The second kappa shape index (κ2) is 5.50. The minimum atomic E-state index is -0.532. The van der Waals surface area contributed by atoms with Crippen LogP contribution in [0.15, 0.2) is 5.16 Å². The lowest BCUT2D eigenvalue weighted by Gasteiger charge is -2.27. The van der Waals surface area contributed by atoms with Gasteiger partial charge in [0.05, 0.1) is 10.3 Å². The minimum Gasteiger partial charge on any atom is -0.323 e. The molecule has 0 aliphatic carbocycles. The Morgan fingerprint density at radius 1 is 1.57 bits per heavy atom. The molecule has 1 aliphatic rings. The first kappa shape index (κ1) is 11.7. The molecule has 14 heavy (non-hydrogen) atoms. The van der Waals surface area contributed by atoms with Gasteiger partial charge in [0, 0.05) is 7.05 Å². The maximum Gasteiger partial charge on any atom is 0.433 e. The largest absolute Gasteiger partial charge is 0.433 e. The summed E-state index contributed by atoms with van der Waals surface area (Å²) in [5, 5.41) is 5.99. The molecular formula is C8H14N2O2S2. The Labute approximate surface area is 92.2 Å². The average Bonchev–Trinajstić information content (AvgIpc) is 2.18. The standard InChI is InChI=1S/C8H14N2O2S2/c1-8(13-4-3-5-14-8)6-10-12-7(11)9-2/h6H,3-5H2,1-2H3,(H,9,11). The van der Waals surface area contributed by atoms with Crippen LogP contribution in [0.2, 0.25) is 0 Å². The van der Waals surface area contributed by atoms with Crippen molar-refractivity contribution >= 4 is 35.8 Å². The van der Waals surface area contributed by atoms with Gasteiger partial charge >= 0.3 is 6.09 Å². The molecule has 1 aliphatic heterocycles. The van der Waals surface area contributed by atoms with Gasteiger partial charge in [0.2, 0.25) is 0 Å². The number of nitrogens with zero attached hydrogens (tertiary/aromatic N) is 1. The molecule has 1 N–H and O–H groups in total. The van der Waals surface area contributed by atoms with Crippen molar-refractivity contribution in [3.8, 4) is 0 Å². The van der Waals surface area contributed by atoms with Crippen molar-refractivity contribution in [1.29, 1.82) is 0 Å². The van der Waals surface area contributed by atoms with Gasteiger partial charge in [0.25, 0.3) is 0 Å². The van der Waals surface area contributed by atoms with Gasteiger partial charge in [-0.15, -0.1) is 23.5 Å². The summed E-state index contributed by atoms with van der Waals surface area (Å²) >= 11 is 3.65. The van der Waals surface area contributed by atoms with Crippen LogP contribution in [0.4, 0.5) is 4.79 Å². The van der Waals surface area contributed by atoms with Gasteiger partial charge in [-0.2, -0.15) is 0 Å². The lowest BCUT2D eigenvalue weighted by atomic mass is 10.5. The van der Waals surface area contributed by atoms with Crippen molar-refractivity contribution in [3.63, 3.8) is 0 Å².